The molecule has 1 atom stereocenters. The van der Waals surface area contributed by atoms with E-state index in [0.717, 1.165) is 5.56 Å². The molecule has 1 aliphatic rings. The standard InChI is InChI=1S/C8H5IN2O/c9-7-4-11-8(12)6-3-10-2-1-5(6)7/h1-4,7H. The van der Waals surface area contributed by atoms with Gasteiger partial charge in [-0.25, -0.2) is 4.99 Å². The van der Waals surface area contributed by atoms with Crippen LogP contribution in [0.15, 0.2) is 23.5 Å². The van der Waals surface area contributed by atoms with Gasteiger partial charge in [0.05, 0.1) is 9.49 Å². The van der Waals surface area contributed by atoms with E-state index >= 15 is 0 Å². The smallest absolute Gasteiger partial charge is 0.267 e. The van der Waals surface area contributed by atoms with Gasteiger partial charge in [-0.1, -0.05) is 22.6 Å². The van der Waals surface area contributed by atoms with E-state index in [1.165, 1.54) is 0 Å². The monoisotopic (exact) mass is 272 g/mol. The number of aliphatic imine (C=N–C) groups is 1. The molecule has 0 spiro atoms. The van der Waals surface area contributed by atoms with Crippen LogP contribution in [0, 0.1) is 0 Å². The minimum atomic E-state index is -0.189. The number of rotatable bonds is 0. The lowest BCUT2D eigenvalue weighted by Crippen LogP contribution is -2.10. The molecule has 0 radical (unpaired) electrons. The Labute approximate surface area is 83.1 Å². The SMILES string of the molecule is O=C1N=CC(I)c2ccncc21. The van der Waals surface area contributed by atoms with Crippen molar-refractivity contribution >= 4 is 34.7 Å². The summed E-state index contributed by atoms with van der Waals surface area (Å²) in [5, 5.41) is 0. The van der Waals surface area contributed by atoms with Crippen LogP contribution in [0.1, 0.15) is 19.8 Å². The Morgan fingerprint density at radius 3 is 3.08 bits per heavy atom. The molecule has 1 aromatic heterocycles. The summed E-state index contributed by atoms with van der Waals surface area (Å²) in [7, 11) is 0. The number of hydrogen-bond donors (Lipinski definition) is 0. The van der Waals surface area contributed by atoms with Crippen molar-refractivity contribution in [2.24, 2.45) is 4.99 Å². The van der Waals surface area contributed by atoms with Crippen molar-refractivity contribution in [2.75, 3.05) is 0 Å². The van der Waals surface area contributed by atoms with Gasteiger partial charge in [0.1, 0.15) is 0 Å². The van der Waals surface area contributed by atoms with Crippen LogP contribution >= 0.6 is 22.6 Å². The number of fused-ring (bicyclic) bond motifs is 1. The first-order chi connectivity index (χ1) is 5.79. The summed E-state index contributed by atoms with van der Waals surface area (Å²) in [5.74, 6) is -0.189. The summed E-state index contributed by atoms with van der Waals surface area (Å²) in [6.07, 6.45) is 4.92. The number of hydrogen-bond acceptors (Lipinski definition) is 2. The van der Waals surface area contributed by atoms with Crippen molar-refractivity contribution in [1.82, 2.24) is 4.98 Å². The Morgan fingerprint density at radius 1 is 1.50 bits per heavy atom. The van der Waals surface area contributed by atoms with Gasteiger partial charge >= 0.3 is 0 Å². The normalized spacial score (nSPS) is 20.8. The number of aromatic nitrogens is 1. The first-order valence-electron chi connectivity index (χ1n) is 3.45. The fourth-order valence-corrected chi connectivity index (χ4v) is 1.81. The van der Waals surface area contributed by atoms with Crippen molar-refractivity contribution in [3.05, 3.63) is 29.6 Å². The molecular weight excluding hydrogens is 267 g/mol. The molecule has 0 bridgehead atoms. The summed E-state index contributed by atoms with van der Waals surface area (Å²) < 4.78 is 0.193. The molecule has 4 heteroatoms. The summed E-state index contributed by atoms with van der Waals surface area (Å²) in [6, 6.07) is 1.86. The highest BCUT2D eigenvalue weighted by molar-refractivity contribution is 14.1. The van der Waals surface area contributed by atoms with Gasteiger partial charge in [-0.05, 0) is 11.6 Å². The second-order valence-corrected chi connectivity index (χ2v) is 3.79. The summed E-state index contributed by atoms with van der Waals surface area (Å²) >= 11 is 2.23. The molecular formula is C8H5IN2O. The molecule has 0 aromatic carbocycles. The predicted molar refractivity (Wildman–Crippen MR) is 53.8 cm³/mol. The van der Waals surface area contributed by atoms with E-state index in [0.29, 0.717) is 5.56 Å². The molecule has 12 heavy (non-hydrogen) atoms. The highest BCUT2D eigenvalue weighted by atomic mass is 127. The van der Waals surface area contributed by atoms with E-state index in [1.54, 1.807) is 18.6 Å². The summed E-state index contributed by atoms with van der Waals surface area (Å²) in [4.78, 5) is 18.8. The lowest BCUT2D eigenvalue weighted by atomic mass is 10.1. The topological polar surface area (TPSA) is 42.3 Å². The minimum Gasteiger partial charge on any atom is -0.267 e. The average molecular weight is 272 g/mol. The molecule has 1 unspecified atom stereocenters. The van der Waals surface area contributed by atoms with E-state index in [-0.39, 0.29) is 9.83 Å². The third-order valence-corrected chi connectivity index (χ3v) is 2.70. The highest BCUT2D eigenvalue weighted by Crippen LogP contribution is 2.27. The second kappa shape index (κ2) is 2.93. The molecule has 0 aliphatic carbocycles. The summed E-state index contributed by atoms with van der Waals surface area (Å²) in [5.41, 5.74) is 1.63. The van der Waals surface area contributed by atoms with E-state index in [1.807, 2.05) is 6.07 Å². The van der Waals surface area contributed by atoms with E-state index in [4.69, 9.17) is 0 Å². The molecule has 2 heterocycles. The minimum absolute atomic E-state index is 0.189. The number of alkyl halides is 1. The zero-order chi connectivity index (χ0) is 8.55. The first-order valence-corrected chi connectivity index (χ1v) is 4.70. The Morgan fingerprint density at radius 2 is 2.33 bits per heavy atom. The number of halogens is 1. The molecule has 2 rings (SSSR count). The zero-order valence-electron chi connectivity index (χ0n) is 6.07. The van der Waals surface area contributed by atoms with Gasteiger partial charge in [0.2, 0.25) is 0 Å². The number of carbonyl (C=O) groups excluding carboxylic acids is 1. The fraction of sp³-hybridized carbons (Fsp3) is 0.125. The van der Waals surface area contributed by atoms with Crippen LogP contribution in [0.5, 0.6) is 0 Å². The van der Waals surface area contributed by atoms with Crippen LogP contribution in [0.25, 0.3) is 0 Å². The van der Waals surface area contributed by atoms with Gasteiger partial charge in [0, 0.05) is 18.6 Å². The highest BCUT2D eigenvalue weighted by Gasteiger charge is 2.19. The van der Waals surface area contributed by atoms with E-state index in [2.05, 4.69) is 32.6 Å². The quantitative estimate of drug-likeness (QED) is 0.533. The van der Waals surface area contributed by atoms with E-state index < -0.39 is 0 Å². The first kappa shape index (κ1) is 7.85. The van der Waals surface area contributed by atoms with Crippen LogP contribution in [0.4, 0.5) is 0 Å². The van der Waals surface area contributed by atoms with Gasteiger partial charge in [-0.15, -0.1) is 0 Å². The Bertz CT molecular complexity index is 362. The molecule has 1 aliphatic heterocycles. The van der Waals surface area contributed by atoms with Gasteiger partial charge in [-0.2, -0.15) is 0 Å². The maximum absolute atomic E-state index is 11.2. The number of carbonyl (C=O) groups is 1. The maximum Gasteiger partial charge on any atom is 0.278 e. The number of amides is 1. The summed E-state index contributed by atoms with van der Waals surface area (Å²) in [6.45, 7) is 0. The van der Waals surface area contributed by atoms with Crippen molar-refractivity contribution in [3.63, 3.8) is 0 Å². The lowest BCUT2D eigenvalue weighted by molar-refractivity contribution is 0.100. The third kappa shape index (κ3) is 1.16. The van der Waals surface area contributed by atoms with Crippen LogP contribution in [0.2, 0.25) is 0 Å². The van der Waals surface area contributed by atoms with Gasteiger partial charge in [0.15, 0.2) is 0 Å². The Hall–Kier alpha value is -0.780. The zero-order valence-corrected chi connectivity index (χ0v) is 8.22. The molecule has 0 saturated carbocycles. The number of pyridine rings is 1. The van der Waals surface area contributed by atoms with Gasteiger partial charge in [0.25, 0.3) is 5.91 Å². The molecule has 60 valence electrons. The van der Waals surface area contributed by atoms with Crippen molar-refractivity contribution < 1.29 is 4.79 Å². The van der Waals surface area contributed by atoms with Gasteiger partial charge in [-0.3, -0.25) is 9.78 Å². The van der Waals surface area contributed by atoms with Crippen molar-refractivity contribution in [2.45, 2.75) is 3.92 Å². The largest absolute Gasteiger partial charge is 0.278 e. The maximum atomic E-state index is 11.2. The molecule has 0 fully saturated rings. The third-order valence-electron chi connectivity index (χ3n) is 1.70. The number of nitrogens with zero attached hydrogens (tertiary/aromatic N) is 2. The fourth-order valence-electron chi connectivity index (χ4n) is 1.11. The van der Waals surface area contributed by atoms with Gasteiger partial charge < -0.3 is 0 Å². The molecule has 3 nitrogen and oxygen atoms in total. The predicted octanol–water partition coefficient (Wildman–Crippen LogP) is 1.78. The van der Waals surface area contributed by atoms with Crippen LogP contribution < -0.4 is 0 Å². The van der Waals surface area contributed by atoms with Crippen LogP contribution in [0.3, 0.4) is 0 Å². The molecule has 1 aromatic rings. The Kier molecular flexibility index (Phi) is 1.92. The molecule has 0 saturated heterocycles. The van der Waals surface area contributed by atoms with Crippen molar-refractivity contribution in [3.8, 4) is 0 Å². The Balaban J connectivity index is 2.61. The van der Waals surface area contributed by atoms with Crippen molar-refractivity contribution in [1.29, 1.82) is 0 Å². The van der Waals surface area contributed by atoms with E-state index in [9.17, 15) is 4.79 Å². The lowest BCUT2D eigenvalue weighted by Gasteiger charge is -2.12. The molecule has 1 amide bonds. The van der Waals surface area contributed by atoms with Crippen LogP contribution in [-0.4, -0.2) is 17.1 Å². The van der Waals surface area contributed by atoms with Crippen LogP contribution in [-0.2, 0) is 0 Å². The molecule has 0 N–H and O–H groups in total. The second-order valence-electron chi connectivity index (χ2n) is 2.45. The average Bonchev–Trinajstić information content (AvgIpc) is 2.12.